The van der Waals surface area contributed by atoms with E-state index < -0.39 is 0 Å². The number of amides is 3. The Balaban J connectivity index is 1.86. The van der Waals surface area contributed by atoms with E-state index in [0.29, 0.717) is 60.4 Å². The molecule has 194 valence electrons. The smallest absolute Gasteiger partial charge is 0.256 e. The van der Waals surface area contributed by atoms with Crippen LogP contribution in [0, 0.1) is 5.92 Å². The third-order valence-electron chi connectivity index (χ3n) is 6.41. The van der Waals surface area contributed by atoms with Gasteiger partial charge in [0, 0.05) is 67.7 Å². The maximum absolute atomic E-state index is 13.5. The minimum absolute atomic E-state index is 0.0745. The zero-order chi connectivity index (χ0) is 26.2. The Kier molecular flexibility index (Phi) is 9.76. The molecule has 0 radical (unpaired) electrons. The lowest BCUT2D eigenvalue weighted by Gasteiger charge is -2.28. The van der Waals surface area contributed by atoms with Crippen molar-refractivity contribution in [2.24, 2.45) is 5.92 Å². The number of carbonyl (C=O) groups excluding carboxylic acids is 3. The second kappa shape index (κ2) is 12.8. The molecule has 3 rings (SSSR count). The molecule has 7 nitrogen and oxygen atoms in total. The highest BCUT2D eigenvalue weighted by Gasteiger charge is 2.25. The SMILES string of the molecule is CCN(CC)C(=O)c1cc(NC(=O)c2ccc(Cl)cc2)ccc1N1CCCN(C(=O)CC(C)C)CC1. The van der Waals surface area contributed by atoms with Crippen LogP contribution in [-0.4, -0.2) is 66.8 Å². The summed E-state index contributed by atoms with van der Waals surface area (Å²) in [5.74, 6) is 0.168. The van der Waals surface area contributed by atoms with Crippen molar-refractivity contribution in [3.63, 3.8) is 0 Å². The molecule has 36 heavy (non-hydrogen) atoms. The van der Waals surface area contributed by atoms with Crippen LogP contribution in [-0.2, 0) is 4.79 Å². The number of nitrogens with one attached hydrogen (secondary N) is 1. The van der Waals surface area contributed by atoms with Crippen molar-refractivity contribution in [2.75, 3.05) is 49.5 Å². The molecule has 8 heteroatoms. The van der Waals surface area contributed by atoms with E-state index in [-0.39, 0.29) is 17.7 Å². The van der Waals surface area contributed by atoms with Crippen LogP contribution >= 0.6 is 11.6 Å². The number of carbonyl (C=O) groups is 3. The van der Waals surface area contributed by atoms with E-state index in [1.54, 1.807) is 35.2 Å². The molecule has 0 spiro atoms. The first-order valence-corrected chi connectivity index (χ1v) is 13.1. The Morgan fingerprint density at radius 3 is 2.31 bits per heavy atom. The highest BCUT2D eigenvalue weighted by Crippen LogP contribution is 2.28. The van der Waals surface area contributed by atoms with Crippen molar-refractivity contribution in [3.05, 3.63) is 58.6 Å². The molecule has 1 aliphatic rings. The normalized spacial score (nSPS) is 13.9. The molecule has 3 amide bonds. The summed E-state index contributed by atoms with van der Waals surface area (Å²) in [4.78, 5) is 44.8. The summed E-state index contributed by atoms with van der Waals surface area (Å²) in [5, 5.41) is 3.47. The van der Waals surface area contributed by atoms with Gasteiger partial charge in [-0.05, 0) is 68.7 Å². The molecule has 0 bridgehead atoms. The molecule has 0 unspecified atom stereocenters. The number of nitrogens with zero attached hydrogens (tertiary/aromatic N) is 3. The third-order valence-corrected chi connectivity index (χ3v) is 6.67. The topological polar surface area (TPSA) is 73.0 Å². The average molecular weight is 513 g/mol. The molecule has 1 heterocycles. The van der Waals surface area contributed by atoms with Crippen LogP contribution in [0.15, 0.2) is 42.5 Å². The molecule has 1 saturated heterocycles. The molecule has 1 N–H and O–H groups in total. The van der Waals surface area contributed by atoms with E-state index in [1.807, 2.05) is 30.9 Å². The van der Waals surface area contributed by atoms with Crippen LogP contribution in [0.25, 0.3) is 0 Å². The van der Waals surface area contributed by atoms with Gasteiger partial charge < -0.3 is 20.0 Å². The molecule has 0 atom stereocenters. The number of halogens is 1. The maximum atomic E-state index is 13.5. The molecule has 2 aromatic rings. The lowest BCUT2D eigenvalue weighted by Crippen LogP contribution is -2.37. The number of hydrogen-bond donors (Lipinski definition) is 1. The Hall–Kier alpha value is -3.06. The van der Waals surface area contributed by atoms with Crippen molar-refractivity contribution in [1.82, 2.24) is 9.80 Å². The first-order valence-electron chi connectivity index (χ1n) is 12.8. The number of anilines is 2. The second-order valence-corrected chi connectivity index (χ2v) is 9.93. The summed E-state index contributed by atoms with van der Waals surface area (Å²) in [7, 11) is 0. The third kappa shape index (κ3) is 7.00. The summed E-state index contributed by atoms with van der Waals surface area (Å²) in [6.45, 7) is 12.0. The van der Waals surface area contributed by atoms with Gasteiger partial charge in [0.05, 0.1) is 5.56 Å². The molecule has 1 fully saturated rings. The summed E-state index contributed by atoms with van der Waals surface area (Å²) in [6.07, 6.45) is 1.38. The lowest BCUT2D eigenvalue weighted by atomic mass is 10.1. The monoisotopic (exact) mass is 512 g/mol. The van der Waals surface area contributed by atoms with Crippen LogP contribution in [0.2, 0.25) is 5.02 Å². The fourth-order valence-electron chi connectivity index (χ4n) is 4.43. The Morgan fingerprint density at radius 2 is 1.67 bits per heavy atom. The fourth-order valence-corrected chi connectivity index (χ4v) is 4.56. The lowest BCUT2D eigenvalue weighted by molar-refractivity contribution is -0.131. The Bertz CT molecular complexity index is 1070. The van der Waals surface area contributed by atoms with Crippen LogP contribution in [0.4, 0.5) is 11.4 Å². The van der Waals surface area contributed by atoms with Crippen molar-refractivity contribution in [1.29, 1.82) is 0 Å². The predicted molar refractivity (Wildman–Crippen MR) is 146 cm³/mol. The van der Waals surface area contributed by atoms with Gasteiger partial charge in [-0.25, -0.2) is 0 Å². The van der Waals surface area contributed by atoms with E-state index in [1.165, 1.54) is 0 Å². The van der Waals surface area contributed by atoms with Crippen molar-refractivity contribution < 1.29 is 14.4 Å². The van der Waals surface area contributed by atoms with Gasteiger partial charge in [0.25, 0.3) is 11.8 Å². The fraction of sp³-hybridized carbons (Fsp3) is 0.464. The van der Waals surface area contributed by atoms with Gasteiger partial charge in [0.2, 0.25) is 5.91 Å². The quantitative estimate of drug-likeness (QED) is 0.530. The molecule has 0 saturated carbocycles. The molecule has 2 aromatic carbocycles. The largest absolute Gasteiger partial charge is 0.369 e. The number of hydrogen-bond acceptors (Lipinski definition) is 4. The van der Waals surface area contributed by atoms with Crippen LogP contribution in [0.3, 0.4) is 0 Å². The van der Waals surface area contributed by atoms with Gasteiger partial charge >= 0.3 is 0 Å². The zero-order valence-electron chi connectivity index (χ0n) is 21.7. The minimum atomic E-state index is -0.269. The van der Waals surface area contributed by atoms with Crippen LogP contribution in [0.5, 0.6) is 0 Å². The molecule has 0 aliphatic carbocycles. The highest BCUT2D eigenvalue weighted by molar-refractivity contribution is 6.30. The van der Waals surface area contributed by atoms with Crippen molar-refractivity contribution in [3.8, 4) is 0 Å². The standard InChI is InChI=1S/C28H37ClN4O3/c1-5-31(6-2)28(36)24-19-23(30-27(35)21-8-10-22(29)11-9-21)12-13-25(24)32-14-7-15-33(17-16-32)26(34)18-20(3)4/h8-13,19-20H,5-7,14-18H2,1-4H3,(H,30,35). The summed E-state index contributed by atoms with van der Waals surface area (Å²) in [5.41, 5.74) is 2.42. The van der Waals surface area contributed by atoms with Gasteiger partial charge in [0.15, 0.2) is 0 Å². The second-order valence-electron chi connectivity index (χ2n) is 9.49. The van der Waals surface area contributed by atoms with Gasteiger partial charge in [-0.1, -0.05) is 25.4 Å². The van der Waals surface area contributed by atoms with Gasteiger partial charge in [-0.3, -0.25) is 14.4 Å². The Labute approximate surface area is 219 Å². The molecule has 0 aromatic heterocycles. The van der Waals surface area contributed by atoms with E-state index >= 15 is 0 Å². The summed E-state index contributed by atoms with van der Waals surface area (Å²) in [6, 6.07) is 12.2. The Morgan fingerprint density at radius 1 is 0.972 bits per heavy atom. The van der Waals surface area contributed by atoms with E-state index in [4.69, 9.17) is 11.6 Å². The number of benzene rings is 2. The maximum Gasteiger partial charge on any atom is 0.256 e. The predicted octanol–water partition coefficient (Wildman–Crippen LogP) is 5.16. The zero-order valence-corrected chi connectivity index (χ0v) is 22.5. The minimum Gasteiger partial charge on any atom is -0.369 e. The summed E-state index contributed by atoms with van der Waals surface area (Å²) >= 11 is 5.94. The van der Waals surface area contributed by atoms with Gasteiger partial charge in [0.1, 0.15) is 0 Å². The van der Waals surface area contributed by atoms with E-state index in [0.717, 1.165) is 25.2 Å². The van der Waals surface area contributed by atoms with Crippen LogP contribution in [0.1, 0.15) is 61.3 Å². The van der Waals surface area contributed by atoms with E-state index in [2.05, 4.69) is 24.1 Å². The molecular weight excluding hydrogens is 476 g/mol. The van der Waals surface area contributed by atoms with Crippen molar-refractivity contribution in [2.45, 2.75) is 40.5 Å². The molecule has 1 aliphatic heterocycles. The number of rotatable bonds is 8. The average Bonchev–Trinajstić information content (AvgIpc) is 3.11. The van der Waals surface area contributed by atoms with Gasteiger partial charge in [-0.2, -0.15) is 0 Å². The first-order chi connectivity index (χ1) is 17.2. The first kappa shape index (κ1) is 27.5. The summed E-state index contributed by atoms with van der Waals surface area (Å²) < 4.78 is 0. The van der Waals surface area contributed by atoms with Crippen LogP contribution < -0.4 is 10.2 Å². The van der Waals surface area contributed by atoms with E-state index in [9.17, 15) is 14.4 Å². The molecular formula is C28H37ClN4O3. The van der Waals surface area contributed by atoms with Crippen molar-refractivity contribution >= 4 is 40.7 Å². The highest BCUT2D eigenvalue weighted by atomic mass is 35.5. The van der Waals surface area contributed by atoms with Gasteiger partial charge in [-0.15, -0.1) is 0 Å².